The summed E-state index contributed by atoms with van der Waals surface area (Å²) in [6, 6.07) is 14.9. The first-order valence-corrected chi connectivity index (χ1v) is 12.0. The maximum atomic E-state index is 12.7. The highest BCUT2D eigenvalue weighted by atomic mass is 35.5. The number of halogens is 1. The number of sulfonamides is 1. The number of carbonyl (C=O) groups excluding carboxylic acids is 3. The van der Waals surface area contributed by atoms with E-state index in [2.05, 4.69) is 15.0 Å². The molecule has 35 heavy (non-hydrogen) atoms. The van der Waals surface area contributed by atoms with Gasteiger partial charge in [-0.3, -0.25) is 9.59 Å². The van der Waals surface area contributed by atoms with Gasteiger partial charge in [0.25, 0.3) is 21.8 Å². The van der Waals surface area contributed by atoms with Crippen molar-refractivity contribution in [2.75, 3.05) is 13.7 Å². The molecule has 0 saturated carbocycles. The first kappa shape index (κ1) is 25.7. The van der Waals surface area contributed by atoms with Crippen LogP contribution in [0.25, 0.3) is 0 Å². The third-order valence-electron chi connectivity index (χ3n) is 4.59. The number of benzene rings is 2. The minimum atomic E-state index is -4.18. The quantitative estimate of drug-likeness (QED) is 0.434. The smallest absolute Gasteiger partial charge is 0.437 e. The van der Waals surface area contributed by atoms with Gasteiger partial charge in [0.1, 0.15) is 0 Å². The SMILES string of the molecule is COC(=O)Oc1ccc(C(=O)NS(=O)(=O)c2cccc(CCNC(=O)c3ccc(Cl)cc3)c2)cn1. The molecule has 0 aliphatic rings. The van der Waals surface area contributed by atoms with Gasteiger partial charge in [-0.1, -0.05) is 23.7 Å². The van der Waals surface area contributed by atoms with Crippen LogP contribution in [0.3, 0.4) is 0 Å². The van der Waals surface area contributed by atoms with E-state index in [9.17, 15) is 22.8 Å². The molecular weight excluding hydrogens is 498 g/mol. The summed E-state index contributed by atoms with van der Waals surface area (Å²) in [4.78, 5) is 39.3. The summed E-state index contributed by atoms with van der Waals surface area (Å²) in [6.07, 6.45) is 0.437. The Morgan fingerprint density at radius 3 is 2.34 bits per heavy atom. The molecule has 0 radical (unpaired) electrons. The number of amides is 2. The molecule has 0 atom stereocenters. The van der Waals surface area contributed by atoms with Crippen LogP contribution in [-0.4, -0.2) is 45.0 Å². The topological polar surface area (TPSA) is 141 Å². The van der Waals surface area contributed by atoms with Gasteiger partial charge in [0, 0.05) is 29.4 Å². The number of rotatable bonds is 8. The van der Waals surface area contributed by atoms with Crippen LogP contribution in [0.4, 0.5) is 4.79 Å². The van der Waals surface area contributed by atoms with Crippen molar-refractivity contribution in [1.82, 2.24) is 15.0 Å². The van der Waals surface area contributed by atoms with E-state index in [-0.39, 0.29) is 28.8 Å². The molecule has 12 heteroatoms. The molecular formula is C23H20ClN3O7S. The molecule has 0 bridgehead atoms. The largest absolute Gasteiger partial charge is 0.514 e. The lowest BCUT2D eigenvalue weighted by atomic mass is 10.1. The number of hydrogen-bond donors (Lipinski definition) is 2. The van der Waals surface area contributed by atoms with Crippen LogP contribution in [0, 0.1) is 0 Å². The standard InChI is InChI=1S/C23H20ClN3O7S/c1-33-23(30)34-20-10-7-17(14-26-20)22(29)27-35(31,32)19-4-2-3-15(13-19)11-12-25-21(28)16-5-8-18(24)9-6-16/h2-10,13-14H,11-12H2,1H3,(H,25,28)(H,27,29). The van der Waals surface area contributed by atoms with Crippen molar-refractivity contribution in [3.63, 3.8) is 0 Å². The predicted octanol–water partition coefficient (Wildman–Crippen LogP) is 2.97. The van der Waals surface area contributed by atoms with Crippen molar-refractivity contribution >= 4 is 39.6 Å². The van der Waals surface area contributed by atoms with Crippen LogP contribution in [-0.2, 0) is 21.2 Å². The van der Waals surface area contributed by atoms with E-state index < -0.39 is 22.1 Å². The van der Waals surface area contributed by atoms with E-state index in [1.165, 1.54) is 30.3 Å². The van der Waals surface area contributed by atoms with Gasteiger partial charge in [-0.15, -0.1) is 0 Å². The van der Waals surface area contributed by atoms with E-state index in [4.69, 9.17) is 16.3 Å². The zero-order valence-corrected chi connectivity index (χ0v) is 19.9. The summed E-state index contributed by atoms with van der Waals surface area (Å²) in [6.45, 7) is 0.267. The van der Waals surface area contributed by atoms with Crippen LogP contribution in [0.15, 0.2) is 71.8 Å². The molecule has 3 aromatic rings. The molecule has 2 N–H and O–H groups in total. The van der Waals surface area contributed by atoms with Crippen molar-refractivity contribution in [3.8, 4) is 5.88 Å². The summed E-state index contributed by atoms with van der Waals surface area (Å²) in [5.74, 6) is -1.32. The monoisotopic (exact) mass is 517 g/mol. The number of nitrogens with one attached hydrogen (secondary N) is 2. The zero-order valence-electron chi connectivity index (χ0n) is 18.4. The van der Waals surface area contributed by atoms with Crippen LogP contribution in [0.5, 0.6) is 5.88 Å². The molecule has 2 amide bonds. The Bertz CT molecular complexity index is 1330. The highest BCUT2D eigenvalue weighted by Gasteiger charge is 2.20. The molecule has 0 aliphatic carbocycles. The molecule has 0 fully saturated rings. The first-order valence-electron chi connectivity index (χ1n) is 10.1. The number of pyridine rings is 1. The summed E-state index contributed by atoms with van der Waals surface area (Å²) in [7, 11) is -3.06. The van der Waals surface area contributed by atoms with Crippen LogP contribution in [0.1, 0.15) is 26.3 Å². The maximum absolute atomic E-state index is 12.7. The summed E-state index contributed by atoms with van der Waals surface area (Å²) in [5, 5.41) is 3.27. The van der Waals surface area contributed by atoms with E-state index in [1.54, 1.807) is 30.3 Å². The van der Waals surface area contributed by atoms with Gasteiger partial charge in [0.15, 0.2) is 0 Å². The third kappa shape index (κ3) is 7.26. The second kappa shape index (κ2) is 11.4. The number of hydrogen-bond acceptors (Lipinski definition) is 8. The van der Waals surface area contributed by atoms with Gasteiger partial charge in [0.05, 0.1) is 17.6 Å². The highest BCUT2D eigenvalue weighted by molar-refractivity contribution is 7.90. The normalized spacial score (nSPS) is 10.8. The molecule has 1 aromatic heterocycles. The fourth-order valence-electron chi connectivity index (χ4n) is 2.83. The molecule has 1 heterocycles. The van der Waals surface area contributed by atoms with E-state index in [0.717, 1.165) is 13.3 Å². The van der Waals surface area contributed by atoms with Crippen LogP contribution >= 0.6 is 11.6 Å². The van der Waals surface area contributed by atoms with Gasteiger partial charge >= 0.3 is 6.16 Å². The lowest BCUT2D eigenvalue weighted by molar-refractivity contribution is 0.0951. The molecule has 182 valence electrons. The summed E-state index contributed by atoms with van der Waals surface area (Å²) < 4.78 is 36.4. The van der Waals surface area contributed by atoms with Gasteiger partial charge < -0.3 is 14.8 Å². The van der Waals surface area contributed by atoms with Crippen molar-refractivity contribution in [2.45, 2.75) is 11.3 Å². The fraction of sp³-hybridized carbons (Fsp3) is 0.130. The lowest BCUT2D eigenvalue weighted by Crippen LogP contribution is -2.30. The molecule has 0 saturated heterocycles. The molecule has 0 spiro atoms. The first-order chi connectivity index (χ1) is 16.7. The number of nitrogens with zero attached hydrogens (tertiary/aromatic N) is 1. The number of methoxy groups -OCH3 is 1. The zero-order chi connectivity index (χ0) is 25.4. The van der Waals surface area contributed by atoms with Crippen LogP contribution in [0.2, 0.25) is 5.02 Å². The average molecular weight is 518 g/mol. The Morgan fingerprint density at radius 2 is 1.69 bits per heavy atom. The number of aromatic nitrogens is 1. The number of ether oxygens (including phenoxy) is 2. The molecule has 0 aliphatic heterocycles. The second-order valence-corrected chi connectivity index (χ2v) is 9.15. The fourth-order valence-corrected chi connectivity index (χ4v) is 4.00. The third-order valence-corrected chi connectivity index (χ3v) is 6.18. The molecule has 2 aromatic carbocycles. The molecule has 0 unspecified atom stereocenters. The van der Waals surface area contributed by atoms with Gasteiger partial charge in [-0.25, -0.2) is 22.9 Å². The van der Waals surface area contributed by atoms with Crippen molar-refractivity contribution in [2.24, 2.45) is 0 Å². The Hall–Kier alpha value is -3.96. The minimum absolute atomic E-state index is 0.0631. The van der Waals surface area contributed by atoms with Gasteiger partial charge in [0.2, 0.25) is 5.88 Å². The van der Waals surface area contributed by atoms with E-state index >= 15 is 0 Å². The molecule has 10 nitrogen and oxygen atoms in total. The predicted molar refractivity (Wildman–Crippen MR) is 126 cm³/mol. The summed E-state index contributed by atoms with van der Waals surface area (Å²) >= 11 is 5.82. The Labute approximate surface area is 206 Å². The van der Waals surface area contributed by atoms with Crippen molar-refractivity contribution < 1.29 is 32.3 Å². The Balaban J connectivity index is 1.60. The average Bonchev–Trinajstić information content (AvgIpc) is 2.84. The van der Waals surface area contributed by atoms with Crippen LogP contribution < -0.4 is 14.8 Å². The Kier molecular flexibility index (Phi) is 8.39. The van der Waals surface area contributed by atoms with E-state index in [0.29, 0.717) is 22.6 Å². The highest BCUT2D eigenvalue weighted by Crippen LogP contribution is 2.14. The van der Waals surface area contributed by atoms with Gasteiger partial charge in [-0.05, 0) is 54.4 Å². The second-order valence-electron chi connectivity index (χ2n) is 7.04. The van der Waals surface area contributed by atoms with Crippen molar-refractivity contribution in [3.05, 3.63) is 88.6 Å². The Morgan fingerprint density at radius 1 is 0.971 bits per heavy atom. The summed E-state index contributed by atoms with van der Waals surface area (Å²) in [5.41, 5.74) is 1.03. The maximum Gasteiger partial charge on any atom is 0.514 e. The minimum Gasteiger partial charge on any atom is -0.437 e. The lowest BCUT2D eigenvalue weighted by Gasteiger charge is -2.10. The van der Waals surface area contributed by atoms with E-state index in [1.807, 2.05) is 4.72 Å². The number of carbonyl (C=O) groups is 3. The van der Waals surface area contributed by atoms with Gasteiger partial charge in [-0.2, -0.15) is 0 Å². The van der Waals surface area contributed by atoms with Crippen molar-refractivity contribution in [1.29, 1.82) is 0 Å². The molecule has 3 rings (SSSR count).